The van der Waals surface area contributed by atoms with E-state index in [2.05, 4.69) is 10.0 Å². The van der Waals surface area contributed by atoms with E-state index < -0.39 is 10.2 Å². The van der Waals surface area contributed by atoms with Crippen molar-refractivity contribution in [1.82, 2.24) is 14.3 Å². The van der Waals surface area contributed by atoms with Crippen molar-refractivity contribution in [2.24, 2.45) is 0 Å². The maximum absolute atomic E-state index is 12.5. The standard InChI is InChI=1S/C13H27N3O3S/c1-3-7-16(20(17,18)14-6-8-19-2)13-9-11-4-5-12(10-13)15-11/h11-15H,3-10H2,1-2H3. The number of hydrogen-bond donors (Lipinski definition) is 2. The highest BCUT2D eigenvalue weighted by molar-refractivity contribution is 7.87. The van der Waals surface area contributed by atoms with E-state index in [4.69, 9.17) is 4.74 Å². The van der Waals surface area contributed by atoms with Gasteiger partial charge in [-0.2, -0.15) is 17.4 Å². The fourth-order valence-corrected chi connectivity index (χ4v) is 4.83. The minimum absolute atomic E-state index is 0.133. The molecule has 2 heterocycles. The summed E-state index contributed by atoms with van der Waals surface area (Å²) in [6.45, 7) is 3.34. The van der Waals surface area contributed by atoms with Crippen molar-refractivity contribution in [3.63, 3.8) is 0 Å². The predicted octanol–water partition coefficient (Wildman–Crippen LogP) is 0.462. The van der Waals surface area contributed by atoms with Gasteiger partial charge in [0, 0.05) is 38.3 Å². The van der Waals surface area contributed by atoms with Gasteiger partial charge in [0.15, 0.2) is 0 Å². The van der Waals surface area contributed by atoms with Crippen molar-refractivity contribution in [2.45, 2.75) is 57.2 Å². The SMILES string of the molecule is CCCN(C1CC2CCC(C1)N2)S(=O)(=O)NCCOC. The number of nitrogens with zero attached hydrogens (tertiary/aromatic N) is 1. The summed E-state index contributed by atoms with van der Waals surface area (Å²) in [6.07, 6.45) is 5.06. The van der Waals surface area contributed by atoms with Crippen molar-refractivity contribution in [1.29, 1.82) is 0 Å². The van der Waals surface area contributed by atoms with Crippen molar-refractivity contribution >= 4 is 10.2 Å². The fraction of sp³-hybridized carbons (Fsp3) is 1.00. The number of hydrogen-bond acceptors (Lipinski definition) is 4. The molecule has 0 amide bonds. The number of fused-ring (bicyclic) bond motifs is 2. The Balaban J connectivity index is 2.02. The Morgan fingerprint density at radius 2 is 1.95 bits per heavy atom. The van der Waals surface area contributed by atoms with E-state index in [1.807, 2.05) is 6.92 Å². The lowest BCUT2D eigenvalue weighted by atomic mass is 10.00. The average molecular weight is 305 g/mol. The number of piperidine rings is 1. The molecule has 0 aromatic rings. The molecule has 118 valence electrons. The van der Waals surface area contributed by atoms with Crippen LogP contribution in [0.5, 0.6) is 0 Å². The zero-order chi connectivity index (χ0) is 14.6. The molecule has 2 atom stereocenters. The molecule has 2 N–H and O–H groups in total. The molecule has 0 radical (unpaired) electrons. The van der Waals surface area contributed by atoms with Gasteiger partial charge < -0.3 is 10.1 Å². The quantitative estimate of drug-likeness (QED) is 0.639. The lowest BCUT2D eigenvalue weighted by Crippen LogP contribution is -2.53. The fourth-order valence-electron chi connectivity index (χ4n) is 3.34. The monoisotopic (exact) mass is 305 g/mol. The van der Waals surface area contributed by atoms with E-state index in [1.54, 1.807) is 11.4 Å². The summed E-state index contributed by atoms with van der Waals surface area (Å²) in [5, 5.41) is 3.56. The van der Waals surface area contributed by atoms with E-state index in [9.17, 15) is 8.42 Å². The molecule has 0 aliphatic carbocycles. The van der Waals surface area contributed by atoms with E-state index in [0.717, 1.165) is 19.3 Å². The summed E-state index contributed by atoms with van der Waals surface area (Å²) in [4.78, 5) is 0. The van der Waals surface area contributed by atoms with E-state index in [-0.39, 0.29) is 6.04 Å². The van der Waals surface area contributed by atoms with Crippen molar-refractivity contribution in [3.05, 3.63) is 0 Å². The molecule has 2 aliphatic heterocycles. The molecule has 20 heavy (non-hydrogen) atoms. The minimum atomic E-state index is -3.40. The van der Waals surface area contributed by atoms with Crippen molar-refractivity contribution < 1.29 is 13.2 Å². The Hall–Kier alpha value is -0.210. The zero-order valence-electron chi connectivity index (χ0n) is 12.5. The van der Waals surface area contributed by atoms with Crippen LogP contribution in [-0.4, -0.2) is 57.7 Å². The van der Waals surface area contributed by atoms with Crippen LogP contribution in [0.15, 0.2) is 0 Å². The van der Waals surface area contributed by atoms with Gasteiger partial charge in [-0.15, -0.1) is 0 Å². The molecule has 0 aromatic carbocycles. The number of nitrogens with one attached hydrogen (secondary N) is 2. The molecule has 0 saturated carbocycles. The highest BCUT2D eigenvalue weighted by Gasteiger charge is 2.39. The van der Waals surface area contributed by atoms with Crippen LogP contribution >= 0.6 is 0 Å². The summed E-state index contributed by atoms with van der Waals surface area (Å²) in [6, 6.07) is 1.12. The van der Waals surface area contributed by atoms with Gasteiger partial charge in [-0.1, -0.05) is 6.92 Å². The molecular formula is C13H27N3O3S. The van der Waals surface area contributed by atoms with Gasteiger partial charge in [-0.3, -0.25) is 0 Å². The molecule has 2 rings (SSSR count). The maximum atomic E-state index is 12.5. The van der Waals surface area contributed by atoms with Gasteiger partial charge in [0.05, 0.1) is 6.61 Å². The molecular weight excluding hydrogens is 278 g/mol. The van der Waals surface area contributed by atoms with E-state index in [1.165, 1.54) is 12.8 Å². The van der Waals surface area contributed by atoms with Gasteiger partial charge >= 0.3 is 0 Å². The highest BCUT2D eigenvalue weighted by Crippen LogP contribution is 2.30. The van der Waals surface area contributed by atoms with Crippen LogP contribution in [0, 0.1) is 0 Å². The van der Waals surface area contributed by atoms with Crippen LogP contribution in [0.25, 0.3) is 0 Å². The van der Waals surface area contributed by atoms with Crippen LogP contribution in [0.1, 0.15) is 39.0 Å². The first-order chi connectivity index (χ1) is 9.56. The van der Waals surface area contributed by atoms with Crippen LogP contribution in [0.4, 0.5) is 0 Å². The molecule has 0 spiro atoms. The Kier molecular flexibility index (Phi) is 5.80. The lowest BCUT2D eigenvalue weighted by molar-refractivity contribution is 0.200. The number of ether oxygens (including phenoxy) is 1. The smallest absolute Gasteiger partial charge is 0.279 e. The van der Waals surface area contributed by atoms with Gasteiger partial charge in [-0.25, -0.2) is 0 Å². The highest BCUT2D eigenvalue weighted by atomic mass is 32.2. The molecule has 7 heteroatoms. The topological polar surface area (TPSA) is 70.7 Å². The Bertz CT molecular complexity index is 390. The van der Waals surface area contributed by atoms with Crippen LogP contribution < -0.4 is 10.0 Å². The third-order valence-electron chi connectivity index (χ3n) is 4.20. The maximum Gasteiger partial charge on any atom is 0.279 e. The van der Waals surface area contributed by atoms with E-state index in [0.29, 0.717) is 31.8 Å². The van der Waals surface area contributed by atoms with Crippen LogP contribution in [-0.2, 0) is 14.9 Å². The predicted molar refractivity (Wildman–Crippen MR) is 78.8 cm³/mol. The number of methoxy groups -OCH3 is 1. The molecule has 2 fully saturated rings. The molecule has 2 bridgehead atoms. The second kappa shape index (κ2) is 7.17. The number of rotatable bonds is 8. The lowest BCUT2D eigenvalue weighted by Gasteiger charge is -2.36. The summed E-state index contributed by atoms with van der Waals surface area (Å²) >= 11 is 0. The first-order valence-electron chi connectivity index (χ1n) is 7.58. The first-order valence-corrected chi connectivity index (χ1v) is 9.02. The minimum Gasteiger partial charge on any atom is -0.383 e. The second-order valence-corrected chi connectivity index (χ2v) is 7.47. The Morgan fingerprint density at radius 3 is 2.50 bits per heavy atom. The van der Waals surface area contributed by atoms with Crippen LogP contribution in [0.3, 0.4) is 0 Å². The molecule has 2 aliphatic rings. The van der Waals surface area contributed by atoms with Gasteiger partial charge in [0.2, 0.25) is 0 Å². The molecule has 6 nitrogen and oxygen atoms in total. The van der Waals surface area contributed by atoms with Gasteiger partial charge in [0.1, 0.15) is 0 Å². The third-order valence-corrected chi connectivity index (χ3v) is 5.87. The Morgan fingerprint density at radius 1 is 1.30 bits per heavy atom. The van der Waals surface area contributed by atoms with Gasteiger partial charge in [0.25, 0.3) is 10.2 Å². The molecule has 2 unspecified atom stereocenters. The summed E-state index contributed by atoms with van der Waals surface area (Å²) in [7, 11) is -1.83. The van der Waals surface area contributed by atoms with Crippen molar-refractivity contribution in [3.8, 4) is 0 Å². The first kappa shape index (κ1) is 16.2. The average Bonchev–Trinajstić information content (AvgIpc) is 2.75. The molecule has 0 aromatic heterocycles. The zero-order valence-corrected chi connectivity index (χ0v) is 13.3. The van der Waals surface area contributed by atoms with Crippen molar-refractivity contribution in [2.75, 3.05) is 26.8 Å². The summed E-state index contributed by atoms with van der Waals surface area (Å²) < 4.78 is 34.2. The summed E-state index contributed by atoms with van der Waals surface area (Å²) in [5.74, 6) is 0. The van der Waals surface area contributed by atoms with Crippen LogP contribution in [0.2, 0.25) is 0 Å². The second-order valence-electron chi connectivity index (χ2n) is 5.77. The normalized spacial score (nSPS) is 30.1. The summed E-state index contributed by atoms with van der Waals surface area (Å²) in [5.41, 5.74) is 0. The largest absolute Gasteiger partial charge is 0.383 e. The van der Waals surface area contributed by atoms with Gasteiger partial charge in [-0.05, 0) is 32.1 Å². The molecule has 2 saturated heterocycles. The van der Waals surface area contributed by atoms with E-state index >= 15 is 0 Å². The Labute approximate surface area is 122 Å². The third kappa shape index (κ3) is 3.92.